The molecule has 1 aliphatic carbocycles. The Labute approximate surface area is 120 Å². The Kier molecular flexibility index (Phi) is 3.04. The topological polar surface area (TPSA) is 56.7 Å². The Hall–Kier alpha value is -1.84. The fourth-order valence-electron chi connectivity index (χ4n) is 3.10. The van der Waals surface area contributed by atoms with Gasteiger partial charge in [-0.25, -0.2) is 4.68 Å². The van der Waals surface area contributed by atoms with Crippen LogP contribution in [0.4, 0.5) is 5.82 Å². The predicted molar refractivity (Wildman–Crippen MR) is 80.7 cm³/mol. The summed E-state index contributed by atoms with van der Waals surface area (Å²) in [5.41, 5.74) is 11.2. The summed E-state index contributed by atoms with van der Waals surface area (Å²) in [5, 5.41) is 8.26. The minimum atomic E-state index is -0.0513. The van der Waals surface area contributed by atoms with E-state index in [0.717, 1.165) is 12.2 Å². The first-order valence-electron chi connectivity index (χ1n) is 7.25. The Morgan fingerprint density at radius 2 is 1.95 bits per heavy atom. The van der Waals surface area contributed by atoms with Crippen LogP contribution < -0.4 is 5.73 Å². The number of hydrogen-bond donors (Lipinski definition) is 1. The van der Waals surface area contributed by atoms with Gasteiger partial charge in [-0.2, -0.15) is 0 Å². The largest absolute Gasteiger partial charge is 0.381 e. The van der Waals surface area contributed by atoms with Gasteiger partial charge < -0.3 is 5.73 Å². The number of nitrogens with two attached hydrogens (primary N) is 1. The zero-order valence-electron chi connectivity index (χ0n) is 12.5. The maximum Gasteiger partial charge on any atom is 0.169 e. The van der Waals surface area contributed by atoms with Gasteiger partial charge >= 0.3 is 0 Å². The van der Waals surface area contributed by atoms with Gasteiger partial charge in [-0.1, -0.05) is 44.2 Å². The molecule has 1 aliphatic rings. The highest BCUT2D eigenvalue weighted by molar-refractivity contribution is 5.39. The minimum Gasteiger partial charge on any atom is -0.381 e. The van der Waals surface area contributed by atoms with E-state index >= 15 is 0 Å². The van der Waals surface area contributed by atoms with Crippen LogP contribution in [-0.4, -0.2) is 15.0 Å². The van der Waals surface area contributed by atoms with Crippen molar-refractivity contribution in [2.45, 2.75) is 52.0 Å². The third kappa shape index (κ3) is 2.30. The van der Waals surface area contributed by atoms with E-state index in [4.69, 9.17) is 5.73 Å². The molecule has 1 heterocycles. The van der Waals surface area contributed by atoms with Crippen LogP contribution >= 0.6 is 0 Å². The first kappa shape index (κ1) is 13.2. The lowest BCUT2D eigenvalue weighted by Gasteiger charge is -2.20. The molecule has 0 fully saturated rings. The number of rotatable bonds is 2. The molecule has 0 spiro atoms. The molecule has 0 atom stereocenters. The SMILES string of the molecule is CC(C)(C)c1c(N)nnn1Cc1ccc2c(c1)CCC2. The van der Waals surface area contributed by atoms with Gasteiger partial charge in [0, 0.05) is 5.41 Å². The first-order chi connectivity index (χ1) is 9.45. The van der Waals surface area contributed by atoms with Crippen LogP contribution in [0.5, 0.6) is 0 Å². The van der Waals surface area contributed by atoms with E-state index in [-0.39, 0.29) is 5.41 Å². The molecule has 4 nitrogen and oxygen atoms in total. The molecule has 0 saturated heterocycles. The van der Waals surface area contributed by atoms with Gasteiger partial charge in [0.2, 0.25) is 0 Å². The molecule has 4 heteroatoms. The first-order valence-corrected chi connectivity index (χ1v) is 7.25. The third-order valence-electron chi connectivity index (χ3n) is 3.97. The number of fused-ring (bicyclic) bond motifs is 1. The van der Waals surface area contributed by atoms with Gasteiger partial charge in [0.15, 0.2) is 5.82 Å². The standard InChI is InChI=1S/C16H22N4/c1-16(2,3)14-15(17)18-19-20(14)10-11-7-8-12-5-4-6-13(12)9-11/h7-9H,4-6,10,17H2,1-3H3. The third-order valence-corrected chi connectivity index (χ3v) is 3.97. The Balaban J connectivity index is 1.92. The lowest BCUT2D eigenvalue weighted by molar-refractivity contribution is 0.502. The van der Waals surface area contributed by atoms with Crippen molar-refractivity contribution in [3.8, 4) is 0 Å². The van der Waals surface area contributed by atoms with Crippen molar-refractivity contribution in [1.29, 1.82) is 0 Å². The van der Waals surface area contributed by atoms with Gasteiger partial charge in [-0.15, -0.1) is 5.10 Å². The number of nitrogens with zero attached hydrogens (tertiary/aromatic N) is 3. The monoisotopic (exact) mass is 270 g/mol. The Morgan fingerprint density at radius 1 is 1.20 bits per heavy atom. The second kappa shape index (κ2) is 4.62. The van der Waals surface area contributed by atoms with Crippen molar-refractivity contribution >= 4 is 5.82 Å². The van der Waals surface area contributed by atoms with Crippen molar-refractivity contribution in [3.63, 3.8) is 0 Å². The average molecular weight is 270 g/mol. The second-order valence-corrected chi connectivity index (χ2v) is 6.69. The van der Waals surface area contributed by atoms with E-state index in [0.29, 0.717) is 5.82 Å². The predicted octanol–water partition coefficient (Wildman–Crippen LogP) is 2.69. The van der Waals surface area contributed by atoms with E-state index in [1.54, 1.807) is 0 Å². The minimum absolute atomic E-state index is 0.0513. The van der Waals surface area contributed by atoms with Gasteiger partial charge in [0.1, 0.15) is 0 Å². The summed E-state index contributed by atoms with van der Waals surface area (Å²) in [7, 11) is 0. The van der Waals surface area contributed by atoms with Crippen molar-refractivity contribution in [2.75, 3.05) is 5.73 Å². The van der Waals surface area contributed by atoms with Crippen LogP contribution in [0.25, 0.3) is 0 Å². The number of anilines is 1. The Morgan fingerprint density at radius 3 is 2.70 bits per heavy atom. The van der Waals surface area contributed by atoms with E-state index in [9.17, 15) is 0 Å². The molecule has 0 amide bonds. The number of aromatic nitrogens is 3. The van der Waals surface area contributed by atoms with Crippen LogP contribution in [0.2, 0.25) is 0 Å². The summed E-state index contributed by atoms with van der Waals surface area (Å²) in [6.07, 6.45) is 3.70. The van der Waals surface area contributed by atoms with Gasteiger partial charge in [0.05, 0.1) is 12.2 Å². The van der Waals surface area contributed by atoms with Crippen LogP contribution in [-0.2, 0) is 24.8 Å². The van der Waals surface area contributed by atoms with Crippen LogP contribution in [0.1, 0.15) is 49.6 Å². The second-order valence-electron chi connectivity index (χ2n) is 6.69. The molecule has 1 aromatic heterocycles. The summed E-state index contributed by atoms with van der Waals surface area (Å²) < 4.78 is 1.94. The molecular weight excluding hydrogens is 248 g/mol. The van der Waals surface area contributed by atoms with E-state index < -0.39 is 0 Å². The van der Waals surface area contributed by atoms with E-state index in [2.05, 4.69) is 49.3 Å². The average Bonchev–Trinajstić information content (AvgIpc) is 2.94. The summed E-state index contributed by atoms with van der Waals surface area (Å²) in [4.78, 5) is 0. The molecular formula is C16H22N4. The van der Waals surface area contributed by atoms with Crippen LogP contribution in [0, 0.1) is 0 Å². The normalized spacial score (nSPS) is 14.6. The van der Waals surface area contributed by atoms with Crippen LogP contribution in [0.3, 0.4) is 0 Å². The lowest BCUT2D eigenvalue weighted by atomic mass is 9.91. The molecule has 2 N–H and O–H groups in total. The molecule has 20 heavy (non-hydrogen) atoms. The van der Waals surface area contributed by atoms with E-state index in [1.165, 1.54) is 36.0 Å². The molecule has 0 saturated carbocycles. The quantitative estimate of drug-likeness (QED) is 0.912. The molecule has 2 aromatic rings. The zero-order valence-corrected chi connectivity index (χ0v) is 12.5. The Bertz CT molecular complexity index is 634. The fourth-order valence-corrected chi connectivity index (χ4v) is 3.10. The molecule has 0 unspecified atom stereocenters. The maximum atomic E-state index is 5.98. The van der Waals surface area contributed by atoms with E-state index in [1.807, 2.05) is 4.68 Å². The highest BCUT2D eigenvalue weighted by Gasteiger charge is 2.24. The molecule has 3 rings (SSSR count). The van der Waals surface area contributed by atoms with Gasteiger partial charge in [-0.3, -0.25) is 0 Å². The fraction of sp³-hybridized carbons (Fsp3) is 0.500. The van der Waals surface area contributed by atoms with Crippen LogP contribution in [0.15, 0.2) is 18.2 Å². The van der Waals surface area contributed by atoms with Gasteiger partial charge in [-0.05, 0) is 36.0 Å². The van der Waals surface area contributed by atoms with Crippen molar-refractivity contribution in [3.05, 3.63) is 40.6 Å². The zero-order chi connectivity index (χ0) is 14.3. The van der Waals surface area contributed by atoms with Crippen molar-refractivity contribution < 1.29 is 0 Å². The summed E-state index contributed by atoms with van der Waals surface area (Å²) in [6.45, 7) is 7.16. The smallest absolute Gasteiger partial charge is 0.169 e. The summed E-state index contributed by atoms with van der Waals surface area (Å²) in [5.74, 6) is 0.540. The molecule has 106 valence electrons. The highest BCUT2D eigenvalue weighted by atomic mass is 15.4. The maximum absolute atomic E-state index is 5.98. The number of nitrogen functional groups attached to an aromatic ring is 1. The highest BCUT2D eigenvalue weighted by Crippen LogP contribution is 2.27. The molecule has 0 radical (unpaired) electrons. The summed E-state index contributed by atoms with van der Waals surface area (Å²) in [6, 6.07) is 6.77. The van der Waals surface area contributed by atoms with Crippen molar-refractivity contribution in [2.24, 2.45) is 0 Å². The van der Waals surface area contributed by atoms with Gasteiger partial charge in [0.25, 0.3) is 0 Å². The molecule has 1 aromatic carbocycles. The molecule has 0 aliphatic heterocycles. The lowest BCUT2D eigenvalue weighted by Crippen LogP contribution is -2.20. The number of benzene rings is 1. The molecule has 0 bridgehead atoms. The number of hydrogen-bond acceptors (Lipinski definition) is 3. The summed E-state index contributed by atoms with van der Waals surface area (Å²) >= 11 is 0. The van der Waals surface area contributed by atoms with Crippen molar-refractivity contribution in [1.82, 2.24) is 15.0 Å². The number of aryl methyl sites for hydroxylation is 2.